The van der Waals surface area contributed by atoms with E-state index in [1.165, 1.54) is 46.1 Å². The second-order valence-corrected chi connectivity index (χ2v) is 11.0. The Morgan fingerprint density at radius 1 is 0.791 bits per heavy atom. The van der Waals surface area contributed by atoms with Crippen LogP contribution in [-0.4, -0.2) is 37.5 Å². The molecule has 0 saturated heterocycles. The van der Waals surface area contributed by atoms with Crippen LogP contribution in [0.25, 0.3) is 12.2 Å². The van der Waals surface area contributed by atoms with E-state index in [1.54, 1.807) is 0 Å². The molecule has 0 aromatic heterocycles. The van der Waals surface area contributed by atoms with Crippen molar-refractivity contribution in [2.45, 2.75) is 51.2 Å². The third kappa shape index (κ3) is 7.81. The minimum atomic E-state index is -0.971. The predicted octanol–water partition coefficient (Wildman–Crippen LogP) is 7.74. The first-order valence-electron chi connectivity index (χ1n) is 15.1. The van der Waals surface area contributed by atoms with Gasteiger partial charge in [-0.1, -0.05) is 104 Å². The number of hydrogen-bond donors (Lipinski definition) is 1. The van der Waals surface area contributed by atoms with Gasteiger partial charge in [-0.15, -0.1) is 0 Å². The van der Waals surface area contributed by atoms with Gasteiger partial charge < -0.3 is 19.3 Å². The maximum atomic E-state index is 11.3. The minimum absolute atomic E-state index is 0.208. The zero-order valence-electron chi connectivity index (χ0n) is 25.0. The van der Waals surface area contributed by atoms with Crippen LogP contribution in [0.3, 0.4) is 0 Å². The van der Waals surface area contributed by atoms with Gasteiger partial charge in [-0.3, -0.25) is 0 Å². The number of ether oxygens (including phenoxy) is 3. The van der Waals surface area contributed by atoms with Gasteiger partial charge in [-0.05, 0) is 75.9 Å². The Hall–Kier alpha value is -4.19. The van der Waals surface area contributed by atoms with E-state index in [0.717, 1.165) is 31.2 Å². The molecule has 2 atom stereocenters. The Balaban J connectivity index is 1.31. The third-order valence-electron chi connectivity index (χ3n) is 7.98. The van der Waals surface area contributed by atoms with Crippen LogP contribution in [0.4, 0.5) is 0 Å². The van der Waals surface area contributed by atoms with Gasteiger partial charge in [0, 0.05) is 13.5 Å². The van der Waals surface area contributed by atoms with E-state index in [0.29, 0.717) is 25.4 Å². The Bertz CT molecular complexity index is 1520. The number of benzene rings is 4. The first-order chi connectivity index (χ1) is 21.1. The normalized spacial score (nSPS) is 14.4. The van der Waals surface area contributed by atoms with E-state index < -0.39 is 12.1 Å². The van der Waals surface area contributed by atoms with E-state index in [9.17, 15) is 9.90 Å². The average Bonchev–Trinajstić information content (AvgIpc) is 3.19. The van der Waals surface area contributed by atoms with Crippen molar-refractivity contribution in [1.29, 1.82) is 0 Å². The number of hydrogen-bond acceptors (Lipinski definition) is 4. The number of aryl methyl sites for hydroxylation is 3. The number of carboxylic acids is 1. The smallest absolute Gasteiger partial charge is 0.333 e. The van der Waals surface area contributed by atoms with Crippen LogP contribution in [0.15, 0.2) is 91.0 Å². The number of aliphatic carboxylic acids is 1. The molecule has 4 aromatic rings. The summed E-state index contributed by atoms with van der Waals surface area (Å²) in [5.41, 5.74) is 9.67. The molecule has 222 valence electrons. The van der Waals surface area contributed by atoms with Crippen molar-refractivity contribution in [2.75, 3.05) is 20.3 Å². The van der Waals surface area contributed by atoms with Crippen molar-refractivity contribution >= 4 is 18.1 Å². The Morgan fingerprint density at radius 2 is 1.58 bits per heavy atom. The van der Waals surface area contributed by atoms with Gasteiger partial charge in [0.25, 0.3) is 0 Å². The highest BCUT2D eigenvalue weighted by Crippen LogP contribution is 2.37. The molecule has 0 aliphatic heterocycles. The van der Waals surface area contributed by atoms with Gasteiger partial charge in [0.15, 0.2) is 6.10 Å². The molecule has 1 aliphatic carbocycles. The zero-order valence-corrected chi connectivity index (χ0v) is 25.0. The molecule has 0 fully saturated rings. The van der Waals surface area contributed by atoms with Crippen molar-refractivity contribution < 1.29 is 24.1 Å². The zero-order chi connectivity index (χ0) is 30.0. The molecule has 1 N–H and O–H groups in total. The fourth-order valence-corrected chi connectivity index (χ4v) is 5.71. The Labute approximate surface area is 254 Å². The standard InChI is InChI=1S/C38H40O5/c1-3-8-28-16-21-34-31(25-28)18-22-33-30(17-13-27-9-5-4-6-10-27)11-7-12-35(33)37(34)43-24-23-42-32-19-14-29(15-20-32)26-36(41-2)38(39)40/h4-7,9-12,14-16,18-22,25,36-37H,3,8,13,17,23-24,26H2,1-2H3,(H,39,40). The second kappa shape index (κ2) is 14.8. The first-order valence-corrected chi connectivity index (χ1v) is 15.1. The number of rotatable bonds is 14. The molecule has 5 rings (SSSR count). The van der Waals surface area contributed by atoms with Crippen LogP contribution in [0.2, 0.25) is 0 Å². The largest absolute Gasteiger partial charge is 0.491 e. The fraction of sp³-hybridized carbons (Fsp3) is 0.289. The molecular weight excluding hydrogens is 536 g/mol. The lowest BCUT2D eigenvalue weighted by atomic mass is 9.91. The van der Waals surface area contributed by atoms with Crippen LogP contribution < -0.4 is 4.74 Å². The van der Waals surface area contributed by atoms with Crippen molar-refractivity contribution in [2.24, 2.45) is 0 Å². The maximum Gasteiger partial charge on any atom is 0.333 e. The van der Waals surface area contributed by atoms with Crippen molar-refractivity contribution in [3.05, 3.63) is 136 Å². The summed E-state index contributed by atoms with van der Waals surface area (Å²) in [6, 6.07) is 31.4. The summed E-state index contributed by atoms with van der Waals surface area (Å²) in [6.45, 7) is 3.02. The number of fused-ring (bicyclic) bond motifs is 2. The summed E-state index contributed by atoms with van der Waals surface area (Å²) in [4.78, 5) is 11.3. The molecule has 2 unspecified atom stereocenters. The lowest BCUT2D eigenvalue weighted by Crippen LogP contribution is -2.24. The molecule has 0 bridgehead atoms. The van der Waals surface area contributed by atoms with E-state index in [-0.39, 0.29) is 6.10 Å². The fourth-order valence-electron chi connectivity index (χ4n) is 5.71. The van der Waals surface area contributed by atoms with Crippen molar-refractivity contribution in [3.63, 3.8) is 0 Å². The summed E-state index contributed by atoms with van der Waals surface area (Å²) in [7, 11) is 1.41. The second-order valence-electron chi connectivity index (χ2n) is 11.0. The topological polar surface area (TPSA) is 65.0 Å². The number of carboxylic acid groups (broad SMARTS) is 1. The van der Waals surface area contributed by atoms with Crippen LogP contribution in [0, 0.1) is 0 Å². The highest BCUT2D eigenvalue weighted by atomic mass is 16.5. The minimum Gasteiger partial charge on any atom is -0.491 e. The van der Waals surface area contributed by atoms with Gasteiger partial charge in [0.05, 0.1) is 6.61 Å². The van der Waals surface area contributed by atoms with Gasteiger partial charge >= 0.3 is 5.97 Å². The van der Waals surface area contributed by atoms with Crippen LogP contribution in [0.5, 0.6) is 5.75 Å². The highest BCUT2D eigenvalue weighted by molar-refractivity contribution is 5.78. The molecule has 0 spiro atoms. The quantitative estimate of drug-likeness (QED) is 0.156. The van der Waals surface area contributed by atoms with Gasteiger partial charge in [0.2, 0.25) is 0 Å². The van der Waals surface area contributed by atoms with Gasteiger partial charge in [0.1, 0.15) is 18.5 Å². The molecule has 5 heteroatoms. The van der Waals surface area contributed by atoms with E-state index >= 15 is 0 Å². The molecule has 0 heterocycles. The SMILES string of the molecule is CCCc1ccc2c(c1)C=Cc1c(CCc3ccccc3)cccc1C2OCCOc1ccc(CC(OC)C(=O)O)cc1. The summed E-state index contributed by atoms with van der Waals surface area (Å²) < 4.78 is 17.7. The average molecular weight is 577 g/mol. The molecular formula is C38H40O5. The van der Waals surface area contributed by atoms with Gasteiger partial charge in [-0.2, -0.15) is 0 Å². The highest BCUT2D eigenvalue weighted by Gasteiger charge is 2.24. The monoisotopic (exact) mass is 576 g/mol. The molecule has 4 aromatic carbocycles. The molecule has 0 amide bonds. The molecule has 0 saturated carbocycles. The molecule has 0 radical (unpaired) electrons. The van der Waals surface area contributed by atoms with E-state index in [2.05, 4.69) is 85.8 Å². The van der Waals surface area contributed by atoms with Crippen LogP contribution in [0.1, 0.15) is 64.0 Å². The molecule has 5 nitrogen and oxygen atoms in total. The maximum absolute atomic E-state index is 11.3. The number of methoxy groups -OCH3 is 1. The summed E-state index contributed by atoms with van der Waals surface area (Å²) in [6.07, 6.45) is 7.85. The predicted molar refractivity (Wildman–Crippen MR) is 172 cm³/mol. The Kier molecular flexibility index (Phi) is 10.4. The third-order valence-corrected chi connectivity index (χ3v) is 7.98. The van der Waals surface area contributed by atoms with Crippen LogP contribution >= 0.6 is 0 Å². The summed E-state index contributed by atoms with van der Waals surface area (Å²) in [5.74, 6) is -0.255. The lowest BCUT2D eigenvalue weighted by molar-refractivity contribution is -0.148. The number of carbonyl (C=O) groups is 1. The molecule has 1 aliphatic rings. The lowest BCUT2D eigenvalue weighted by Gasteiger charge is -2.23. The van der Waals surface area contributed by atoms with E-state index in [1.807, 2.05) is 24.3 Å². The Morgan fingerprint density at radius 3 is 2.33 bits per heavy atom. The first kappa shape index (κ1) is 30.3. The van der Waals surface area contributed by atoms with Crippen molar-refractivity contribution in [1.82, 2.24) is 0 Å². The van der Waals surface area contributed by atoms with Gasteiger partial charge in [-0.25, -0.2) is 4.79 Å². The molecule has 43 heavy (non-hydrogen) atoms. The summed E-state index contributed by atoms with van der Waals surface area (Å²) >= 11 is 0. The summed E-state index contributed by atoms with van der Waals surface area (Å²) in [5, 5.41) is 9.24. The van der Waals surface area contributed by atoms with E-state index in [4.69, 9.17) is 14.2 Å². The van der Waals surface area contributed by atoms with Crippen molar-refractivity contribution in [3.8, 4) is 5.75 Å². The van der Waals surface area contributed by atoms with Crippen LogP contribution in [-0.2, 0) is 40.0 Å².